The summed E-state index contributed by atoms with van der Waals surface area (Å²) in [5.41, 5.74) is 1.74. The van der Waals surface area contributed by atoms with E-state index in [9.17, 15) is 14.7 Å². The molecule has 1 fully saturated rings. The van der Waals surface area contributed by atoms with Gasteiger partial charge in [0.2, 0.25) is 5.16 Å². The molecule has 0 radical (unpaired) electrons. The van der Waals surface area contributed by atoms with E-state index in [1.165, 1.54) is 21.3 Å². The lowest BCUT2D eigenvalue weighted by molar-refractivity contribution is -0.503. The molecule has 2 N–H and O–H groups in total. The maximum Gasteiger partial charge on any atom is 0.352 e. The van der Waals surface area contributed by atoms with Gasteiger partial charge in [-0.05, 0) is 16.0 Å². The summed E-state index contributed by atoms with van der Waals surface area (Å²) in [5.74, 6) is -0.282. The summed E-state index contributed by atoms with van der Waals surface area (Å²) >= 11 is 2.93. The second kappa shape index (κ2) is 7.75. The summed E-state index contributed by atoms with van der Waals surface area (Å²) in [7, 11) is 1.72. The Morgan fingerprint density at radius 2 is 2.20 bits per heavy atom. The van der Waals surface area contributed by atoms with Crippen molar-refractivity contribution in [2.75, 3.05) is 11.5 Å². The van der Waals surface area contributed by atoms with Gasteiger partial charge in [0.1, 0.15) is 11.4 Å². The molecule has 9 nitrogen and oxygen atoms in total. The molecule has 1 saturated heterocycles. The summed E-state index contributed by atoms with van der Waals surface area (Å²) in [6, 6.07) is -0.355. The van der Waals surface area contributed by atoms with Gasteiger partial charge in [-0.2, -0.15) is 0 Å². The standard InChI is InChI=1S/C13H16N6O3S2.ClH/c1-6(2)14-8-10(20)19-9(12(21)22)7(4-23-11(8)19)5-24-13-15-16-17-18(13)3;/h8,11H,4-5H2,1-3H3,(H,21,22);1H/t8?,11-;/m1./s1. The number of carbonyl (C=O) groups is 2. The van der Waals surface area contributed by atoms with E-state index in [1.807, 2.05) is 13.8 Å². The number of tetrazole rings is 1. The number of hydrogen-bond acceptors (Lipinski definition) is 7. The number of hydrogen-bond donors (Lipinski definition) is 2. The lowest BCUT2D eigenvalue weighted by Gasteiger charge is -2.45. The summed E-state index contributed by atoms with van der Waals surface area (Å²) in [4.78, 5) is 28.6. The Balaban J connectivity index is 0.00000225. The molecule has 0 aliphatic carbocycles. The number of amides is 1. The molecule has 0 aromatic carbocycles. The number of halogens is 1. The minimum Gasteiger partial charge on any atom is -1.00 e. The fraction of sp³-hybridized carbons (Fsp3) is 0.538. The van der Waals surface area contributed by atoms with Crippen LogP contribution in [0.3, 0.4) is 0 Å². The first kappa shape index (κ1) is 19.7. The number of thioether (sulfide) groups is 2. The Morgan fingerprint density at radius 3 is 2.76 bits per heavy atom. The van der Waals surface area contributed by atoms with Crippen LogP contribution in [-0.4, -0.2) is 70.7 Å². The number of aliphatic carboxylic acids is 1. The molecule has 2 aliphatic rings. The number of fused-ring (bicyclic) bond motifs is 1. The van der Waals surface area contributed by atoms with Gasteiger partial charge in [-0.1, -0.05) is 11.8 Å². The van der Waals surface area contributed by atoms with Crippen molar-refractivity contribution in [1.82, 2.24) is 25.1 Å². The number of carboxylic acids is 1. The van der Waals surface area contributed by atoms with Crippen molar-refractivity contribution in [3.8, 4) is 0 Å². The van der Waals surface area contributed by atoms with E-state index in [0.29, 0.717) is 22.2 Å². The summed E-state index contributed by atoms with van der Waals surface area (Å²) in [5, 5.41) is 21.2. The van der Waals surface area contributed by atoms with Crippen molar-refractivity contribution in [1.29, 1.82) is 0 Å². The molecule has 0 saturated carbocycles. The number of nitrogens with zero attached hydrogens (tertiary/aromatic N) is 5. The molecule has 0 spiro atoms. The molecule has 1 amide bonds. The minimum atomic E-state index is -1.07. The third kappa shape index (κ3) is 3.67. The third-order valence-electron chi connectivity index (χ3n) is 3.65. The first-order valence-corrected chi connectivity index (χ1v) is 9.25. The molecule has 0 bridgehead atoms. The average molecular weight is 405 g/mol. The highest BCUT2D eigenvalue weighted by molar-refractivity contribution is 8.01. The van der Waals surface area contributed by atoms with Gasteiger partial charge < -0.3 is 17.5 Å². The number of aromatic nitrogens is 4. The van der Waals surface area contributed by atoms with E-state index < -0.39 is 5.97 Å². The van der Waals surface area contributed by atoms with Gasteiger partial charge in [0.05, 0.1) is 0 Å². The molecule has 2 aliphatic heterocycles. The maximum atomic E-state index is 12.4. The Bertz CT molecular complexity index is 761. The van der Waals surface area contributed by atoms with Crippen molar-refractivity contribution >= 4 is 41.1 Å². The van der Waals surface area contributed by atoms with E-state index in [-0.39, 0.29) is 35.4 Å². The molecule has 3 rings (SSSR count). The monoisotopic (exact) mass is 404 g/mol. The lowest BCUT2D eigenvalue weighted by Crippen LogP contribution is -3.00. The molecule has 3 heterocycles. The van der Waals surface area contributed by atoms with Crippen LogP contribution < -0.4 is 17.4 Å². The van der Waals surface area contributed by atoms with Crippen LogP contribution in [0, 0.1) is 0 Å². The van der Waals surface area contributed by atoms with Crippen molar-refractivity contribution in [2.24, 2.45) is 7.05 Å². The molecule has 2 atom stereocenters. The fourth-order valence-electron chi connectivity index (χ4n) is 2.60. The van der Waals surface area contributed by atoms with Crippen molar-refractivity contribution < 1.29 is 32.1 Å². The molecule has 136 valence electrons. The number of nitrogens with one attached hydrogen (secondary N) is 1. The Morgan fingerprint density at radius 1 is 1.48 bits per heavy atom. The summed E-state index contributed by atoms with van der Waals surface area (Å²) < 4.78 is 1.53. The van der Waals surface area contributed by atoms with Gasteiger partial charge in [0, 0.05) is 32.4 Å². The van der Waals surface area contributed by atoms with Crippen molar-refractivity contribution in [3.05, 3.63) is 11.3 Å². The van der Waals surface area contributed by atoms with Crippen LogP contribution in [0.5, 0.6) is 0 Å². The smallest absolute Gasteiger partial charge is 0.352 e. The van der Waals surface area contributed by atoms with Gasteiger partial charge in [-0.15, -0.1) is 16.9 Å². The average Bonchev–Trinajstić information content (AvgIpc) is 2.94. The van der Waals surface area contributed by atoms with Crippen LogP contribution in [0.15, 0.2) is 16.4 Å². The van der Waals surface area contributed by atoms with Gasteiger partial charge in [-0.3, -0.25) is 9.69 Å². The molecule has 1 unspecified atom stereocenters. The summed E-state index contributed by atoms with van der Waals surface area (Å²) in [6.07, 6.45) is 0. The third-order valence-corrected chi connectivity index (χ3v) is 6.09. The topological polar surface area (TPSA) is 115 Å². The van der Waals surface area contributed by atoms with Gasteiger partial charge in [0.25, 0.3) is 11.9 Å². The second-order valence-corrected chi connectivity index (χ2v) is 7.71. The number of rotatable bonds is 5. The highest BCUT2D eigenvalue weighted by Crippen LogP contribution is 2.40. The van der Waals surface area contributed by atoms with Gasteiger partial charge >= 0.3 is 5.97 Å². The second-order valence-electron chi connectivity index (χ2n) is 5.66. The number of carboxylic acid groups (broad SMARTS) is 1. The summed E-state index contributed by atoms with van der Waals surface area (Å²) in [6.45, 7) is 3.77. The van der Waals surface area contributed by atoms with Crippen LogP contribution in [0.25, 0.3) is 0 Å². The van der Waals surface area contributed by atoms with E-state index >= 15 is 0 Å². The highest BCUT2D eigenvalue weighted by Gasteiger charge is 2.57. The van der Waals surface area contributed by atoms with Crippen LogP contribution in [0.4, 0.5) is 0 Å². The zero-order chi connectivity index (χ0) is 17.4. The molecule has 25 heavy (non-hydrogen) atoms. The van der Waals surface area contributed by atoms with Crippen LogP contribution in [0.1, 0.15) is 13.8 Å². The first-order valence-electron chi connectivity index (χ1n) is 7.22. The molecule has 12 heteroatoms. The van der Waals surface area contributed by atoms with Crippen LogP contribution in [0.2, 0.25) is 0 Å². The first-order chi connectivity index (χ1) is 11.4. The Hall–Kier alpha value is -1.59. The maximum absolute atomic E-state index is 12.4. The minimum absolute atomic E-state index is 0. The largest absolute Gasteiger partial charge is 1.00 e. The zero-order valence-electron chi connectivity index (χ0n) is 13.8. The Labute approximate surface area is 158 Å². The van der Waals surface area contributed by atoms with E-state index in [2.05, 4.69) is 20.5 Å². The predicted octanol–water partition coefficient (Wildman–Crippen LogP) is -4.51. The number of aryl methyl sites for hydroxylation is 1. The number of β-lactam (4-membered cyclic amide) rings is 1. The normalized spacial score (nSPS) is 22.0. The molecular weight excluding hydrogens is 388 g/mol. The Kier molecular flexibility index (Phi) is 6.12. The van der Waals surface area contributed by atoms with E-state index in [1.54, 1.807) is 18.8 Å². The SMILES string of the molecule is CC(C)=[NH+]C1C(=O)N2C(C(=O)O)=C(CSc3nnnn3C)CS[C@H]12.[Cl-]. The van der Waals surface area contributed by atoms with E-state index in [4.69, 9.17) is 0 Å². The highest BCUT2D eigenvalue weighted by atomic mass is 35.5. The molecule has 1 aromatic heterocycles. The predicted molar refractivity (Wildman–Crippen MR) is 88.4 cm³/mol. The van der Waals surface area contributed by atoms with Crippen LogP contribution in [-0.2, 0) is 16.6 Å². The molecular formula is C13H17ClN6O3S2. The fourth-order valence-corrected chi connectivity index (χ4v) is 4.94. The number of carbonyl (C=O) groups excluding carboxylic acids is 1. The quantitative estimate of drug-likeness (QED) is 0.286. The zero-order valence-corrected chi connectivity index (χ0v) is 16.2. The van der Waals surface area contributed by atoms with Gasteiger partial charge in [-0.25, -0.2) is 14.5 Å². The van der Waals surface area contributed by atoms with Crippen molar-refractivity contribution in [3.63, 3.8) is 0 Å². The lowest BCUT2D eigenvalue weighted by atomic mass is 10.0. The molecule has 1 aromatic rings. The van der Waals surface area contributed by atoms with Crippen LogP contribution >= 0.6 is 23.5 Å². The van der Waals surface area contributed by atoms with Gasteiger partial charge in [0.15, 0.2) is 5.37 Å². The van der Waals surface area contributed by atoms with E-state index in [0.717, 1.165) is 5.71 Å². The van der Waals surface area contributed by atoms with Crippen molar-refractivity contribution in [2.45, 2.75) is 30.4 Å².